The van der Waals surface area contributed by atoms with Crippen molar-refractivity contribution in [1.82, 2.24) is 4.57 Å². The molecular formula is C10H12N2O4. The smallest absolute Gasteiger partial charge is 0.352 e. The number of hydrogen-bond acceptors (Lipinski definition) is 3. The Morgan fingerprint density at radius 2 is 2.19 bits per heavy atom. The SMILES string of the molecule is CC(=O)N1CCOc2cc(C(=O)O)n(C)c21. The van der Waals surface area contributed by atoms with Gasteiger partial charge in [0.05, 0.1) is 6.54 Å². The molecule has 2 heterocycles. The first-order valence-corrected chi connectivity index (χ1v) is 4.86. The number of anilines is 1. The van der Waals surface area contributed by atoms with Crippen molar-refractivity contribution in [3.63, 3.8) is 0 Å². The number of carboxylic acid groups (broad SMARTS) is 1. The van der Waals surface area contributed by atoms with Gasteiger partial charge in [0.25, 0.3) is 0 Å². The first-order chi connectivity index (χ1) is 7.52. The molecule has 0 unspecified atom stereocenters. The van der Waals surface area contributed by atoms with Crippen LogP contribution >= 0.6 is 0 Å². The Morgan fingerprint density at radius 1 is 1.50 bits per heavy atom. The fourth-order valence-corrected chi connectivity index (χ4v) is 1.85. The number of carboxylic acids is 1. The monoisotopic (exact) mass is 224 g/mol. The summed E-state index contributed by atoms with van der Waals surface area (Å²) in [6, 6.07) is 1.44. The van der Waals surface area contributed by atoms with Crippen LogP contribution in [0.2, 0.25) is 0 Å². The van der Waals surface area contributed by atoms with Gasteiger partial charge < -0.3 is 14.4 Å². The second-order valence-corrected chi connectivity index (χ2v) is 3.60. The maximum absolute atomic E-state index is 11.4. The minimum Gasteiger partial charge on any atom is -0.488 e. The molecule has 1 aromatic rings. The summed E-state index contributed by atoms with van der Waals surface area (Å²) in [6.45, 7) is 2.28. The van der Waals surface area contributed by atoms with E-state index in [1.165, 1.54) is 22.5 Å². The number of nitrogens with zero attached hydrogens (tertiary/aromatic N) is 2. The zero-order valence-electron chi connectivity index (χ0n) is 9.06. The zero-order valence-corrected chi connectivity index (χ0v) is 9.06. The third-order valence-corrected chi connectivity index (χ3v) is 2.59. The van der Waals surface area contributed by atoms with E-state index in [4.69, 9.17) is 9.84 Å². The minimum absolute atomic E-state index is 0.109. The number of aromatic carboxylic acids is 1. The van der Waals surface area contributed by atoms with Gasteiger partial charge in [-0.1, -0.05) is 0 Å². The summed E-state index contributed by atoms with van der Waals surface area (Å²) in [5.41, 5.74) is 0.109. The number of carbonyl (C=O) groups is 2. The molecule has 86 valence electrons. The predicted octanol–water partition coefficient (Wildman–Crippen LogP) is 0.469. The van der Waals surface area contributed by atoms with Gasteiger partial charge in [-0.25, -0.2) is 4.79 Å². The van der Waals surface area contributed by atoms with E-state index < -0.39 is 5.97 Å². The summed E-state index contributed by atoms with van der Waals surface area (Å²) < 4.78 is 6.79. The summed E-state index contributed by atoms with van der Waals surface area (Å²) in [5.74, 6) is -0.204. The number of aromatic nitrogens is 1. The van der Waals surface area contributed by atoms with Crippen LogP contribution in [0.25, 0.3) is 0 Å². The summed E-state index contributed by atoms with van der Waals surface area (Å²) in [5, 5.41) is 8.96. The van der Waals surface area contributed by atoms with Gasteiger partial charge in [0.2, 0.25) is 5.91 Å². The van der Waals surface area contributed by atoms with Gasteiger partial charge in [-0.05, 0) is 0 Å². The van der Waals surface area contributed by atoms with Gasteiger partial charge in [0, 0.05) is 20.0 Å². The summed E-state index contributed by atoms with van der Waals surface area (Å²) in [7, 11) is 1.60. The van der Waals surface area contributed by atoms with E-state index in [2.05, 4.69) is 0 Å². The second-order valence-electron chi connectivity index (χ2n) is 3.60. The molecule has 0 radical (unpaired) electrons. The van der Waals surface area contributed by atoms with E-state index in [-0.39, 0.29) is 11.6 Å². The molecule has 1 aromatic heterocycles. The number of fused-ring (bicyclic) bond motifs is 1. The molecule has 1 aliphatic heterocycles. The van der Waals surface area contributed by atoms with Crippen molar-refractivity contribution in [3.05, 3.63) is 11.8 Å². The highest BCUT2D eigenvalue weighted by Gasteiger charge is 2.28. The van der Waals surface area contributed by atoms with E-state index in [1.807, 2.05) is 0 Å². The lowest BCUT2D eigenvalue weighted by Crippen LogP contribution is -2.37. The van der Waals surface area contributed by atoms with Gasteiger partial charge in [0.15, 0.2) is 11.6 Å². The molecule has 16 heavy (non-hydrogen) atoms. The Bertz CT molecular complexity index is 464. The normalized spacial score (nSPS) is 14.2. The van der Waals surface area contributed by atoms with Crippen LogP contribution in [-0.2, 0) is 11.8 Å². The van der Waals surface area contributed by atoms with Crippen molar-refractivity contribution < 1.29 is 19.4 Å². The van der Waals surface area contributed by atoms with Crippen LogP contribution in [0.3, 0.4) is 0 Å². The molecule has 0 spiro atoms. The minimum atomic E-state index is -1.04. The van der Waals surface area contributed by atoms with Crippen molar-refractivity contribution in [1.29, 1.82) is 0 Å². The summed E-state index contributed by atoms with van der Waals surface area (Å²) in [4.78, 5) is 23.9. The lowest BCUT2D eigenvalue weighted by molar-refractivity contribution is -0.116. The Kier molecular flexibility index (Phi) is 2.34. The quantitative estimate of drug-likeness (QED) is 0.752. The molecule has 1 amide bonds. The van der Waals surface area contributed by atoms with Crippen molar-refractivity contribution in [2.24, 2.45) is 7.05 Å². The number of rotatable bonds is 1. The second kappa shape index (κ2) is 3.55. The van der Waals surface area contributed by atoms with E-state index >= 15 is 0 Å². The van der Waals surface area contributed by atoms with Crippen LogP contribution in [0.5, 0.6) is 5.75 Å². The predicted molar refractivity (Wildman–Crippen MR) is 55.9 cm³/mol. The first kappa shape index (κ1) is 10.5. The summed E-state index contributed by atoms with van der Waals surface area (Å²) >= 11 is 0. The standard InChI is InChI=1S/C10H12N2O4/c1-6(13)12-3-4-16-8-5-7(10(14)15)11(2)9(8)12/h5H,3-4H2,1-2H3,(H,14,15). The highest BCUT2D eigenvalue weighted by Crippen LogP contribution is 2.34. The third-order valence-electron chi connectivity index (χ3n) is 2.59. The van der Waals surface area contributed by atoms with Gasteiger partial charge in [-0.15, -0.1) is 0 Å². The number of carbonyl (C=O) groups excluding carboxylic acids is 1. The Morgan fingerprint density at radius 3 is 2.75 bits per heavy atom. The molecule has 0 aliphatic carbocycles. The van der Waals surface area contributed by atoms with Crippen LogP contribution in [-0.4, -0.2) is 34.7 Å². The molecule has 2 rings (SSSR count). The molecule has 0 aromatic carbocycles. The highest BCUT2D eigenvalue weighted by atomic mass is 16.5. The lowest BCUT2D eigenvalue weighted by atomic mass is 10.3. The Labute approximate surface area is 92.0 Å². The fourth-order valence-electron chi connectivity index (χ4n) is 1.85. The van der Waals surface area contributed by atoms with Crippen molar-refractivity contribution >= 4 is 17.7 Å². The third kappa shape index (κ3) is 1.42. The molecule has 0 saturated carbocycles. The van der Waals surface area contributed by atoms with Crippen LogP contribution in [0.1, 0.15) is 17.4 Å². The van der Waals surface area contributed by atoms with E-state index in [1.54, 1.807) is 7.05 Å². The molecule has 0 atom stereocenters. The number of hydrogen-bond donors (Lipinski definition) is 1. The van der Waals surface area contributed by atoms with Crippen molar-refractivity contribution in [3.8, 4) is 5.75 Å². The van der Waals surface area contributed by atoms with Gasteiger partial charge >= 0.3 is 5.97 Å². The van der Waals surface area contributed by atoms with Gasteiger partial charge in [0.1, 0.15) is 12.3 Å². The largest absolute Gasteiger partial charge is 0.488 e. The first-order valence-electron chi connectivity index (χ1n) is 4.86. The molecular weight excluding hydrogens is 212 g/mol. The molecule has 0 bridgehead atoms. The highest BCUT2D eigenvalue weighted by molar-refractivity contribution is 5.95. The average Bonchev–Trinajstić information content (AvgIpc) is 2.56. The Hall–Kier alpha value is -1.98. The summed E-state index contributed by atoms with van der Waals surface area (Å²) in [6.07, 6.45) is 0. The Balaban J connectivity index is 2.55. The van der Waals surface area contributed by atoms with Crippen LogP contribution in [0.15, 0.2) is 6.07 Å². The zero-order chi connectivity index (χ0) is 11.9. The average molecular weight is 224 g/mol. The van der Waals surface area contributed by atoms with Gasteiger partial charge in [-0.2, -0.15) is 0 Å². The van der Waals surface area contributed by atoms with E-state index in [0.29, 0.717) is 24.7 Å². The fraction of sp³-hybridized carbons (Fsp3) is 0.400. The molecule has 0 fully saturated rings. The number of ether oxygens (including phenoxy) is 1. The maximum atomic E-state index is 11.4. The molecule has 1 N–H and O–H groups in total. The topological polar surface area (TPSA) is 71.8 Å². The van der Waals surface area contributed by atoms with Crippen molar-refractivity contribution in [2.45, 2.75) is 6.92 Å². The maximum Gasteiger partial charge on any atom is 0.352 e. The molecule has 0 saturated heterocycles. The molecule has 6 heteroatoms. The van der Waals surface area contributed by atoms with Crippen LogP contribution < -0.4 is 9.64 Å². The van der Waals surface area contributed by atoms with E-state index in [9.17, 15) is 9.59 Å². The molecule has 6 nitrogen and oxygen atoms in total. The van der Waals surface area contributed by atoms with Crippen LogP contribution in [0.4, 0.5) is 5.82 Å². The van der Waals surface area contributed by atoms with Crippen LogP contribution in [0, 0.1) is 0 Å². The van der Waals surface area contributed by atoms with E-state index in [0.717, 1.165) is 0 Å². The van der Waals surface area contributed by atoms with Gasteiger partial charge in [-0.3, -0.25) is 9.69 Å². The number of amides is 1. The molecule has 1 aliphatic rings. The lowest BCUT2D eigenvalue weighted by Gasteiger charge is -2.27. The van der Waals surface area contributed by atoms with Crippen molar-refractivity contribution in [2.75, 3.05) is 18.1 Å².